The molecule has 2 aliphatic heterocycles. The first-order valence-electron chi connectivity index (χ1n) is 14.4. The van der Waals surface area contributed by atoms with Crippen LogP contribution in [0.3, 0.4) is 0 Å². The second-order valence-corrected chi connectivity index (χ2v) is 13.6. The van der Waals surface area contributed by atoms with E-state index in [1.54, 1.807) is 18.2 Å². The molecule has 3 aliphatic rings. The molecular weight excluding hydrogens is 548 g/mol. The zero-order chi connectivity index (χ0) is 28.3. The van der Waals surface area contributed by atoms with Gasteiger partial charge in [-0.25, -0.2) is 13.1 Å². The highest BCUT2D eigenvalue weighted by molar-refractivity contribution is 7.90. The van der Waals surface area contributed by atoms with E-state index in [0.29, 0.717) is 36.1 Å². The van der Waals surface area contributed by atoms with E-state index in [4.69, 9.17) is 16.3 Å². The minimum Gasteiger partial charge on any atom is -0.487 e. The van der Waals surface area contributed by atoms with Crippen molar-refractivity contribution in [3.8, 4) is 5.75 Å². The number of anilines is 1. The predicted octanol–water partition coefficient (Wildman–Crippen LogP) is 5.49. The van der Waals surface area contributed by atoms with Crippen LogP contribution < -0.4 is 14.4 Å². The molecule has 0 aromatic heterocycles. The molecule has 1 amide bonds. The molecule has 40 heavy (non-hydrogen) atoms. The van der Waals surface area contributed by atoms with Crippen molar-refractivity contribution in [2.45, 2.75) is 64.6 Å². The maximum atomic E-state index is 13.2. The lowest BCUT2D eigenvalue weighted by Gasteiger charge is -2.42. The van der Waals surface area contributed by atoms with Gasteiger partial charge in [0.25, 0.3) is 5.91 Å². The number of ether oxygens (including phenoxy) is 1. The van der Waals surface area contributed by atoms with Crippen molar-refractivity contribution in [2.24, 2.45) is 17.8 Å². The lowest BCUT2D eigenvalue weighted by molar-refractivity contribution is 0.0461. The summed E-state index contributed by atoms with van der Waals surface area (Å²) in [5.41, 5.74) is 3.30. The number of sulfonamides is 1. The third-order valence-electron chi connectivity index (χ3n) is 8.69. The number of fused-ring (bicyclic) bond motifs is 3. The van der Waals surface area contributed by atoms with Crippen LogP contribution in [-0.2, 0) is 23.1 Å². The monoisotopic (exact) mass is 586 g/mol. The average molecular weight is 587 g/mol. The van der Waals surface area contributed by atoms with Gasteiger partial charge in [-0.1, -0.05) is 43.2 Å². The smallest absolute Gasteiger partial charge is 0.264 e. The number of amides is 1. The van der Waals surface area contributed by atoms with Gasteiger partial charge in [0.2, 0.25) is 10.0 Å². The number of aliphatic hydroxyl groups is 1. The summed E-state index contributed by atoms with van der Waals surface area (Å²) >= 11 is 6.29. The first-order chi connectivity index (χ1) is 19.2. The van der Waals surface area contributed by atoms with Crippen molar-refractivity contribution in [3.63, 3.8) is 0 Å². The van der Waals surface area contributed by atoms with E-state index < -0.39 is 22.0 Å². The SMILES string of the molecule is CC[C@@H]1C/C=C/C(O)[C@@H]2CC[C@H]2CN2CCCCc3cc(Cl)ccc3COc3ccc(cc32)C(=O)NS(=O)(=O)C1. The van der Waals surface area contributed by atoms with Crippen molar-refractivity contribution in [2.75, 3.05) is 23.7 Å². The van der Waals surface area contributed by atoms with Crippen molar-refractivity contribution in [1.29, 1.82) is 0 Å². The molecule has 1 unspecified atom stereocenters. The van der Waals surface area contributed by atoms with Crippen molar-refractivity contribution >= 4 is 33.2 Å². The zero-order valence-electron chi connectivity index (χ0n) is 23.0. The van der Waals surface area contributed by atoms with E-state index in [0.717, 1.165) is 56.4 Å². The molecule has 2 heterocycles. The molecule has 0 saturated heterocycles. The Kier molecular flexibility index (Phi) is 9.08. The van der Waals surface area contributed by atoms with Crippen LogP contribution in [0.2, 0.25) is 5.02 Å². The maximum Gasteiger partial charge on any atom is 0.264 e. The number of carbonyl (C=O) groups is 1. The number of aryl methyl sites for hydroxylation is 1. The van der Waals surface area contributed by atoms with Crippen molar-refractivity contribution in [1.82, 2.24) is 4.72 Å². The van der Waals surface area contributed by atoms with Gasteiger partial charge >= 0.3 is 0 Å². The van der Waals surface area contributed by atoms with Crippen LogP contribution >= 0.6 is 11.6 Å². The molecule has 9 heteroatoms. The summed E-state index contributed by atoms with van der Waals surface area (Å²) in [7, 11) is -3.84. The molecule has 5 rings (SSSR count). The van der Waals surface area contributed by atoms with Gasteiger partial charge in [-0.05, 0) is 97.7 Å². The molecule has 1 fully saturated rings. The first kappa shape index (κ1) is 29.0. The van der Waals surface area contributed by atoms with E-state index in [1.165, 1.54) is 5.56 Å². The Labute approximate surface area is 242 Å². The average Bonchev–Trinajstić information content (AvgIpc) is 2.92. The molecule has 2 bridgehead atoms. The highest BCUT2D eigenvalue weighted by atomic mass is 35.5. The number of hydrogen-bond donors (Lipinski definition) is 2. The summed E-state index contributed by atoms with van der Waals surface area (Å²) in [6.07, 6.45) is 9.14. The van der Waals surface area contributed by atoms with Gasteiger partial charge in [-0.3, -0.25) is 4.79 Å². The van der Waals surface area contributed by atoms with Crippen LogP contribution in [0.4, 0.5) is 5.69 Å². The Morgan fingerprint density at radius 2 is 1.98 bits per heavy atom. The summed E-state index contributed by atoms with van der Waals surface area (Å²) in [4.78, 5) is 15.5. The maximum absolute atomic E-state index is 13.2. The predicted molar refractivity (Wildman–Crippen MR) is 158 cm³/mol. The zero-order valence-corrected chi connectivity index (χ0v) is 24.6. The molecule has 2 aromatic carbocycles. The fourth-order valence-electron chi connectivity index (χ4n) is 6.09. The molecule has 1 saturated carbocycles. The van der Waals surface area contributed by atoms with Gasteiger partial charge in [0.1, 0.15) is 12.4 Å². The van der Waals surface area contributed by atoms with Crippen LogP contribution in [0.15, 0.2) is 48.6 Å². The second-order valence-electron chi connectivity index (χ2n) is 11.4. The Morgan fingerprint density at radius 3 is 2.75 bits per heavy atom. The molecule has 2 N–H and O–H groups in total. The number of halogens is 1. The van der Waals surface area contributed by atoms with Gasteiger partial charge in [-0.15, -0.1) is 0 Å². The van der Waals surface area contributed by atoms with Gasteiger partial charge in [-0.2, -0.15) is 0 Å². The van der Waals surface area contributed by atoms with Crippen LogP contribution in [0.25, 0.3) is 0 Å². The summed E-state index contributed by atoms with van der Waals surface area (Å²) in [6.45, 7) is 3.78. The molecule has 0 spiro atoms. The normalized spacial score (nSPS) is 28.0. The van der Waals surface area contributed by atoms with Gasteiger partial charge in [0.05, 0.1) is 17.5 Å². The second kappa shape index (κ2) is 12.5. The molecule has 7 nitrogen and oxygen atoms in total. The Hall–Kier alpha value is -2.55. The summed E-state index contributed by atoms with van der Waals surface area (Å²) < 4.78 is 34.5. The summed E-state index contributed by atoms with van der Waals surface area (Å²) in [6, 6.07) is 11.0. The minimum atomic E-state index is -3.84. The lowest BCUT2D eigenvalue weighted by Crippen LogP contribution is -2.43. The van der Waals surface area contributed by atoms with Crippen molar-refractivity contribution in [3.05, 3.63) is 70.3 Å². The van der Waals surface area contributed by atoms with E-state index in [1.807, 2.05) is 37.3 Å². The number of nitrogens with zero attached hydrogens (tertiary/aromatic N) is 1. The molecule has 4 atom stereocenters. The quantitative estimate of drug-likeness (QED) is 0.429. The number of carbonyl (C=O) groups excluding carboxylic acids is 1. The van der Waals surface area contributed by atoms with Gasteiger partial charge in [0.15, 0.2) is 0 Å². The van der Waals surface area contributed by atoms with Crippen molar-refractivity contribution < 1.29 is 23.1 Å². The van der Waals surface area contributed by atoms with Crippen LogP contribution in [0, 0.1) is 17.8 Å². The summed E-state index contributed by atoms with van der Waals surface area (Å²) in [5, 5.41) is 11.7. The number of nitrogens with one attached hydrogen (secondary N) is 1. The molecule has 0 radical (unpaired) electrons. The van der Waals surface area contributed by atoms with Crippen LogP contribution in [-0.4, -0.2) is 44.4 Å². The largest absolute Gasteiger partial charge is 0.487 e. The third-order valence-corrected chi connectivity index (χ3v) is 10.3. The Bertz CT molecular complexity index is 1360. The van der Waals surface area contributed by atoms with Gasteiger partial charge in [0, 0.05) is 23.7 Å². The van der Waals surface area contributed by atoms with E-state index in [9.17, 15) is 18.3 Å². The minimum absolute atomic E-state index is 0.145. The number of aliphatic hydroxyl groups excluding tert-OH is 1. The fourth-order valence-corrected chi connectivity index (χ4v) is 7.76. The highest BCUT2D eigenvalue weighted by Gasteiger charge is 2.37. The Morgan fingerprint density at radius 1 is 1.12 bits per heavy atom. The van der Waals surface area contributed by atoms with Crippen LogP contribution in [0.1, 0.15) is 66.9 Å². The van der Waals surface area contributed by atoms with Crippen LogP contribution in [0.5, 0.6) is 5.75 Å². The molecule has 1 aliphatic carbocycles. The van der Waals surface area contributed by atoms with E-state index >= 15 is 0 Å². The third kappa shape index (κ3) is 6.84. The number of allylic oxidation sites excluding steroid dienone is 1. The van der Waals surface area contributed by atoms with E-state index in [-0.39, 0.29) is 23.2 Å². The number of benzene rings is 2. The molecule has 2 aromatic rings. The lowest BCUT2D eigenvalue weighted by atomic mass is 9.70. The topological polar surface area (TPSA) is 95.9 Å². The van der Waals surface area contributed by atoms with E-state index in [2.05, 4.69) is 9.62 Å². The molecular formula is C31H39ClN2O5S. The summed E-state index contributed by atoms with van der Waals surface area (Å²) in [5.74, 6) is 0.172. The molecule has 216 valence electrons. The van der Waals surface area contributed by atoms with Gasteiger partial charge < -0.3 is 14.7 Å². The number of rotatable bonds is 1. The Balaban J connectivity index is 1.52. The standard InChI is InChI=1S/C31H39ClN2O5S/c1-2-21-6-5-8-29(35)27-13-10-24(27)18-34-15-4-3-7-22-16-26(32)12-9-25(22)19-39-30-14-11-23(17-28(30)34)31(36)33-40(37,38)20-21/h5,8-9,11-12,14,16-17,21,24,27,29,35H,2-4,6-7,10,13,15,18-20H2,1H3,(H,33,36)/b8-5+/t21-,24+,27-,29?/m1/s1. The first-order valence-corrected chi connectivity index (χ1v) is 16.4. The fraction of sp³-hybridized carbons (Fsp3) is 0.516. The highest BCUT2D eigenvalue weighted by Crippen LogP contribution is 2.41. The number of hydrogen-bond acceptors (Lipinski definition) is 6.